The smallest absolute Gasteiger partial charge is 0.151 e. The van der Waals surface area contributed by atoms with E-state index in [1.165, 1.54) is 25.5 Å². The van der Waals surface area contributed by atoms with Crippen LogP contribution in [-0.4, -0.2) is 32.0 Å². The number of rotatable bonds is 1. The van der Waals surface area contributed by atoms with Crippen molar-refractivity contribution in [3.05, 3.63) is 0 Å². The molecule has 1 N–H and O–H groups in total. The second-order valence-corrected chi connectivity index (χ2v) is 6.50. The van der Waals surface area contributed by atoms with E-state index in [1.54, 1.807) is 0 Å². The Morgan fingerprint density at radius 1 is 1.38 bits per heavy atom. The molecule has 1 saturated heterocycles. The molecule has 1 saturated carbocycles. The number of halogens is 1. The topological polar surface area (TPSA) is 46.2 Å². The van der Waals surface area contributed by atoms with Crippen LogP contribution in [0.1, 0.15) is 25.7 Å². The van der Waals surface area contributed by atoms with Crippen molar-refractivity contribution in [2.75, 3.05) is 12.8 Å². The lowest BCUT2D eigenvalue weighted by Gasteiger charge is -2.38. The summed E-state index contributed by atoms with van der Waals surface area (Å²) in [5, 5.41) is 3.22. The molecule has 78 valence electrons. The van der Waals surface area contributed by atoms with Crippen molar-refractivity contribution in [3.8, 4) is 0 Å². The van der Waals surface area contributed by atoms with Gasteiger partial charge in [-0.05, 0) is 25.7 Å². The summed E-state index contributed by atoms with van der Waals surface area (Å²) < 4.78 is 22.4. The quantitative estimate of drug-likeness (QED) is 0.716. The van der Waals surface area contributed by atoms with Crippen molar-refractivity contribution in [2.45, 2.75) is 36.5 Å². The van der Waals surface area contributed by atoms with Gasteiger partial charge < -0.3 is 5.32 Å². The Hall–Kier alpha value is 0.200. The van der Waals surface area contributed by atoms with Crippen LogP contribution in [0.25, 0.3) is 0 Å². The summed E-state index contributed by atoms with van der Waals surface area (Å²) in [5.74, 6) is 0. The highest BCUT2D eigenvalue weighted by molar-refractivity contribution is 7.91. The Morgan fingerprint density at radius 2 is 2.00 bits per heavy atom. The molecule has 1 aliphatic carbocycles. The zero-order valence-corrected chi connectivity index (χ0v) is 9.38. The summed E-state index contributed by atoms with van der Waals surface area (Å²) in [5.41, 5.74) is 0.216. The summed E-state index contributed by atoms with van der Waals surface area (Å²) in [6.07, 6.45) is 5.77. The van der Waals surface area contributed by atoms with Gasteiger partial charge in [0.15, 0.2) is 9.84 Å². The summed E-state index contributed by atoms with van der Waals surface area (Å²) in [4.78, 5) is 0. The van der Waals surface area contributed by atoms with Gasteiger partial charge in [-0.2, -0.15) is 0 Å². The molecule has 5 heteroatoms. The van der Waals surface area contributed by atoms with Gasteiger partial charge in [0.25, 0.3) is 0 Å². The molecule has 0 aromatic rings. The first-order chi connectivity index (χ1) is 5.52. The van der Waals surface area contributed by atoms with Crippen LogP contribution in [-0.2, 0) is 9.84 Å². The van der Waals surface area contributed by atoms with Crippen molar-refractivity contribution in [3.63, 3.8) is 0 Å². The number of hydrogen-bond donors (Lipinski definition) is 1. The number of hydrogen-bond acceptors (Lipinski definition) is 3. The lowest BCUT2D eigenvalue weighted by atomic mass is 9.76. The fourth-order valence-electron chi connectivity index (χ4n) is 2.20. The monoisotopic (exact) mass is 225 g/mol. The third kappa shape index (κ3) is 2.00. The Morgan fingerprint density at radius 3 is 2.23 bits per heavy atom. The first-order valence-electron chi connectivity index (χ1n) is 4.46. The molecular formula is C8H16ClNO2S. The van der Waals surface area contributed by atoms with E-state index < -0.39 is 9.84 Å². The van der Waals surface area contributed by atoms with Crippen molar-refractivity contribution in [1.82, 2.24) is 5.32 Å². The van der Waals surface area contributed by atoms with E-state index >= 15 is 0 Å². The molecule has 0 amide bonds. The third-order valence-corrected chi connectivity index (χ3v) is 4.78. The van der Waals surface area contributed by atoms with Crippen LogP contribution in [0.15, 0.2) is 0 Å². The maximum Gasteiger partial charge on any atom is 0.151 e. The van der Waals surface area contributed by atoms with Crippen molar-refractivity contribution >= 4 is 22.2 Å². The number of nitrogens with one attached hydrogen (secondary N) is 1. The summed E-state index contributed by atoms with van der Waals surface area (Å²) in [6, 6.07) is 0. The fraction of sp³-hybridized carbons (Fsp3) is 1.00. The average molecular weight is 226 g/mol. The second kappa shape index (κ2) is 3.41. The van der Waals surface area contributed by atoms with E-state index in [2.05, 4.69) is 5.32 Å². The minimum absolute atomic E-state index is 0. The molecule has 0 bridgehead atoms. The molecular weight excluding hydrogens is 210 g/mol. The Balaban J connectivity index is 0.000000845. The molecule has 1 heterocycles. The van der Waals surface area contributed by atoms with Crippen molar-refractivity contribution in [2.24, 2.45) is 0 Å². The number of sulfone groups is 1. The van der Waals surface area contributed by atoms with Gasteiger partial charge in [0.2, 0.25) is 0 Å². The predicted molar refractivity (Wildman–Crippen MR) is 55.1 cm³/mol. The normalized spacial score (nSPS) is 31.0. The lowest BCUT2D eigenvalue weighted by Crippen LogP contribution is -2.45. The summed E-state index contributed by atoms with van der Waals surface area (Å²) in [6.45, 7) is 0.666. The first-order valence-corrected chi connectivity index (χ1v) is 6.41. The Labute approximate surface area is 85.6 Å². The van der Waals surface area contributed by atoms with Gasteiger partial charge in [-0.1, -0.05) is 0 Å². The Bertz CT molecular complexity index is 285. The molecule has 0 radical (unpaired) electrons. The highest BCUT2D eigenvalue weighted by Gasteiger charge is 2.45. The maximum absolute atomic E-state index is 11.2. The van der Waals surface area contributed by atoms with Gasteiger partial charge in [0.05, 0.1) is 5.25 Å². The lowest BCUT2D eigenvalue weighted by molar-refractivity contribution is 0.216. The molecule has 13 heavy (non-hydrogen) atoms. The molecule has 1 spiro atoms. The average Bonchev–Trinajstić information content (AvgIpc) is 2.26. The third-order valence-electron chi connectivity index (χ3n) is 3.24. The standard InChI is InChI=1S/C8H15NO2S.ClH/c1-12(10,11)7-5-8(9-6-7)3-2-4-8;/h7,9H,2-6H2,1H3;1H. The van der Waals surface area contributed by atoms with E-state index in [1.807, 2.05) is 0 Å². The van der Waals surface area contributed by atoms with E-state index in [0.29, 0.717) is 6.54 Å². The molecule has 2 aliphatic rings. The molecule has 2 rings (SSSR count). The highest BCUT2D eigenvalue weighted by atomic mass is 35.5. The van der Waals surface area contributed by atoms with Crippen LogP contribution < -0.4 is 5.32 Å². The molecule has 0 aromatic carbocycles. The SMILES string of the molecule is CS(=O)(=O)C1CNC2(CCC2)C1.Cl. The molecule has 0 aromatic heterocycles. The minimum atomic E-state index is -2.81. The van der Waals surface area contributed by atoms with Crippen LogP contribution in [0.5, 0.6) is 0 Å². The zero-order chi connectivity index (χ0) is 8.82. The molecule has 3 nitrogen and oxygen atoms in total. The van der Waals surface area contributed by atoms with Gasteiger partial charge in [-0.3, -0.25) is 0 Å². The van der Waals surface area contributed by atoms with E-state index in [9.17, 15) is 8.42 Å². The van der Waals surface area contributed by atoms with Crippen LogP contribution in [0.4, 0.5) is 0 Å². The van der Waals surface area contributed by atoms with Gasteiger partial charge >= 0.3 is 0 Å². The largest absolute Gasteiger partial charge is 0.310 e. The van der Waals surface area contributed by atoms with Crippen LogP contribution in [0.3, 0.4) is 0 Å². The van der Waals surface area contributed by atoms with Crippen molar-refractivity contribution in [1.29, 1.82) is 0 Å². The van der Waals surface area contributed by atoms with Crippen LogP contribution in [0, 0.1) is 0 Å². The van der Waals surface area contributed by atoms with Crippen LogP contribution in [0.2, 0.25) is 0 Å². The van der Waals surface area contributed by atoms with Gasteiger partial charge in [0.1, 0.15) is 0 Å². The van der Waals surface area contributed by atoms with Gasteiger partial charge in [-0.15, -0.1) is 12.4 Å². The Kier molecular flexibility index (Phi) is 2.95. The van der Waals surface area contributed by atoms with Gasteiger partial charge in [0, 0.05) is 18.3 Å². The molecule has 1 unspecified atom stereocenters. The van der Waals surface area contributed by atoms with Crippen molar-refractivity contribution < 1.29 is 8.42 Å². The van der Waals surface area contributed by atoms with Crippen LogP contribution >= 0.6 is 12.4 Å². The predicted octanol–water partition coefficient (Wildman–Crippen LogP) is 0.737. The maximum atomic E-state index is 11.2. The van der Waals surface area contributed by atoms with E-state index in [0.717, 1.165) is 6.42 Å². The highest BCUT2D eigenvalue weighted by Crippen LogP contribution is 2.40. The fourth-order valence-corrected chi connectivity index (χ4v) is 3.21. The van der Waals surface area contributed by atoms with E-state index in [-0.39, 0.29) is 23.2 Å². The molecule has 2 fully saturated rings. The summed E-state index contributed by atoms with van der Waals surface area (Å²) >= 11 is 0. The zero-order valence-electron chi connectivity index (χ0n) is 7.75. The molecule has 1 atom stereocenters. The van der Waals surface area contributed by atoms with E-state index in [4.69, 9.17) is 0 Å². The minimum Gasteiger partial charge on any atom is -0.310 e. The molecule has 1 aliphatic heterocycles. The second-order valence-electron chi connectivity index (χ2n) is 4.17. The first kappa shape index (κ1) is 11.3. The summed E-state index contributed by atoms with van der Waals surface area (Å²) in [7, 11) is -2.81. The van der Waals surface area contributed by atoms with Gasteiger partial charge in [-0.25, -0.2) is 8.42 Å².